The molecular weight excluding hydrogens is 316 g/mol. The van der Waals surface area contributed by atoms with Crippen molar-refractivity contribution in [3.63, 3.8) is 0 Å². The molecule has 0 amide bonds. The Bertz CT molecular complexity index is 500. The summed E-state index contributed by atoms with van der Waals surface area (Å²) < 4.78 is 26.3. The maximum atomic E-state index is 12.1. The highest BCUT2D eigenvalue weighted by atomic mass is 35.5. The number of halogens is 1. The predicted molar refractivity (Wildman–Crippen MR) is 87.0 cm³/mol. The molecule has 1 rings (SSSR count). The second-order valence-corrected chi connectivity index (χ2v) is 9.09. The van der Waals surface area contributed by atoms with Crippen molar-refractivity contribution in [3.05, 3.63) is 21.3 Å². The van der Waals surface area contributed by atoms with Gasteiger partial charge in [0.25, 0.3) is 0 Å². The average Bonchev–Trinajstić information content (AvgIpc) is 2.73. The number of thiophene rings is 1. The molecule has 4 nitrogen and oxygen atoms in total. The molecule has 20 heavy (non-hydrogen) atoms. The molecule has 0 aliphatic heterocycles. The van der Waals surface area contributed by atoms with Gasteiger partial charge in [-0.2, -0.15) is 4.31 Å². The summed E-state index contributed by atoms with van der Waals surface area (Å²) in [4.78, 5) is 0.961. The van der Waals surface area contributed by atoms with Crippen LogP contribution < -0.4 is 5.32 Å². The predicted octanol–water partition coefficient (Wildman–Crippen LogP) is 2.94. The molecule has 0 saturated carbocycles. The molecule has 0 radical (unpaired) electrons. The lowest BCUT2D eigenvalue weighted by Crippen LogP contribution is -2.29. The average molecular weight is 339 g/mol. The van der Waals surface area contributed by atoms with E-state index in [9.17, 15) is 8.42 Å². The first-order chi connectivity index (χ1) is 9.31. The summed E-state index contributed by atoms with van der Waals surface area (Å²) in [5, 5.41) is 3.28. The molecule has 0 fully saturated rings. The summed E-state index contributed by atoms with van der Waals surface area (Å²) in [6, 6.07) is 4.10. The number of unbranched alkanes of at least 4 members (excludes halogenated alkanes) is 1. The summed E-state index contributed by atoms with van der Waals surface area (Å²) in [5.74, 6) is 0.197. The van der Waals surface area contributed by atoms with Crippen molar-refractivity contribution in [2.24, 2.45) is 0 Å². The van der Waals surface area contributed by atoms with Crippen LogP contribution in [0.3, 0.4) is 0 Å². The molecule has 1 N–H and O–H groups in total. The van der Waals surface area contributed by atoms with Crippen LogP contribution in [0.2, 0.25) is 4.34 Å². The highest BCUT2D eigenvalue weighted by Crippen LogP contribution is 2.23. The van der Waals surface area contributed by atoms with E-state index in [0.717, 1.165) is 17.8 Å². The third-order valence-corrected chi connectivity index (χ3v) is 5.96. The monoisotopic (exact) mass is 338 g/mol. The minimum Gasteiger partial charge on any atom is -0.315 e. The van der Waals surface area contributed by atoms with Gasteiger partial charge in [0.15, 0.2) is 0 Å². The topological polar surface area (TPSA) is 49.4 Å². The minimum atomic E-state index is -3.18. The molecule has 0 saturated heterocycles. The van der Waals surface area contributed by atoms with Crippen molar-refractivity contribution in [3.8, 4) is 0 Å². The van der Waals surface area contributed by atoms with Gasteiger partial charge in [-0.05, 0) is 31.5 Å². The molecule has 0 atom stereocenters. The van der Waals surface area contributed by atoms with Crippen LogP contribution in [0.4, 0.5) is 0 Å². The smallest absolute Gasteiger partial charge is 0.214 e. The third kappa shape index (κ3) is 6.54. The normalized spacial score (nSPS) is 12.5. The number of rotatable bonds is 9. The van der Waals surface area contributed by atoms with Crippen LogP contribution in [0.15, 0.2) is 12.1 Å². The first-order valence-electron chi connectivity index (χ1n) is 6.73. The molecule has 116 valence electrons. The zero-order valence-corrected chi connectivity index (χ0v) is 14.6. The Morgan fingerprint density at radius 1 is 1.35 bits per heavy atom. The number of sulfonamides is 1. The highest BCUT2D eigenvalue weighted by molar-refractivity contribution is 7.89. The van der Waals surface area contributed by atoms with E-state index in [1.54, 1.807) is 13.1 Å². The largest absolute Gasteiger partial charge is 0.315 e. The Morgan fingerprint density at radius 2 is 2.05 bits per heavy atom. The van der Waals surface area contributed by atoms with E-state index in [1.807, 2.05) is 6.07 Å². The summed E-state index contributed by atoms with van der Waals surface area (Å²) in [7, 11) is -1.56. The summed E-state index contributed by atoms with van der Waals surface area (Å²) in [6.07, 6.45) is 1.55. The fourth-order valence-electron chi connectivity index (χ4n) is 1.71. The van der Waals surface area contributed by atoms with Gasteiger partial charge in [0.1, 0.15) is 0 Å². The number of hydrogen-bond donors (Lipinski definition) is 1. The van der Waals surface area contributed by atoms with Gasteiger partial charge in [0, 0.05) is 24.5 Å². The Kier molecular flexibility index (Phi) is 7.47. The molecule has 0 aromatic carbocycles. The van der Waals surface area contributed by atoms with E-state index in [-0.39, 0.29) is 5.75 Å². The van der Waals surface area contributed by atoms with Crippen molar-refractivity contribution < 1.29 is 8.42 Å². The highest BCUT2D eigenvalue weighted by Gasteiger charge is 2.18. The Labute approximate surface area is 131 Å². The molecule has 7 heteroatoms. The van der Waals surface area contributed by atoms with Crippen molar-refractivity contribution in [1.82, 2.24) is 9.62 Å². The van der Waals surface area contributed by atoms with E-state index in [1.165, 1.54) is 15.6 Å². The number of nitrogens with zero attached hydrogens (tertiary/aromatic N) is 1. The van der Waals surface area contributed by atoms with Gasteiger partial charge in [0.2, 0.25) is 10.0 Å². The lowest BCUT2D eigenvalue weighted by Gasteiger charge is -2.16. The molecule has 1 aromatic heterocycles. The maximum absolute atomic E-state index is 12.1. The quantitative estimate of drug-likeness (QED) is 0.704. The van der Waals surface area contributed by atoms with Crippen molar-refractivity contribution in [2.45, 2.75) is 39.3 Å². The van der Waals surface area contributed by atoms with Crippen LogP contribution in [0.5, 0.6) is 0 Å². The van der Waals surface area contributed by atoms with Gasteiger partial charge in [-0.1, -0.05) is 25.4 Å². The van der Waals surface area contributed by atoms with Crippen LogP contribution in [0.1, 0.15) is 31.6 Å². The van der Waals surface area contributed by atoms with Crippen LogP contribution >= 0.6 is 22.9 Å². The molecule has 0 unspecified atom stereocenters. The molecule has 0 aliphatic rings. The van der Waals surface area contributed by atoms with Gasteiger partial charge in [-0.3, -0.25) is 0 Å². The third-order valence-electron chi connectivity index (χ3n) is 2.86. The van der Waals surface area contributed by atoms with E-state index >= 15 is 0 Å². The molecule has 0 spiro atoms. The zero-order chi connectivity index (χ0) is 15.2. The van der Waals surface area contributed by atoms with Crippen molar-refractivity contribution in [1.29, 1.82) is 0 Å². The van der Waals surface area contributed by atoms with E-state index in [0.29, 0.717) is 23.3 Å². The molecule has 0 bridgehead atoms. The summed E-state index contributed by atoms with van der Waals surface area (Å²) in [5.41, 5.74) is 0. The minimum absolute atomic E-state index is 0.197. The fraction of sp³-hybridized carbons (Fsp3) is 0.692. The zero-order valence-electron chi connectivity index (χ0n) is 12.2. The van der Waals surface area contributed by atoms with E-state index in [2.05, 4.69) is 19.2 Å². The Hall–Kier alpha value is -0.140. The summed E-state index contributed by atoms with van der Waals surface area (Å²) >= 11 is 7.26. The summed E-state index contributed by atoms with van der Waals surface area (Å²) in [6.45, 7) is 5.41. The standard InChI is InChI=1S/C13H23ClN2O2S2/c1-11(2)15-8-4-5-9-20(17,18)16(3)10-12-6-7-13(14)19-12/h6-7,11,15H,4-5,8-10H2,1-3H3. The Balaban J connectivity index is 2.35. The maximum Gasteiger partial charge on any atom is 0.214 e. The van der Waals surface area contributed by atoms with Gasteiger partial charge < -0.3 is 5.32 Å². The van der Waals surface area contributed by atoms with Crippen LogP contribution in [0.25, 0.3) is 0 Å². The van der Waals surface area contributed by atoms with Crippen molar-refractivity contribution in [2.75, 3.05) is 19.3 Å². The van der Waals surface area contributed by atoms with Crippen LogP contribution in [0, 0.1) is 0 Å². The second-order valence-electron chi connectivity index (χ2n) is 5.09. The van der Waals surface area contributed by atoms with Crippen LogP contribution in [-0.4, -0.2) is 38.1 Å². The fourth-order valence-corrected chi connectivity index (χ4v) is 4.15. The molecular formula is C13H23ClN2O2S2. The lowest BCUT2D eigenvalue weighted by molar-refractivity contribution is 0.466. The number of hydrogen-bond acceptors (Lipinski definition) is 4. The first-order valence-corrected chi connectivity index (χ1v) is 9.53. The molecule has 1 heterocycles. The van der Waals surface area contributed by atoms with Gasteiger partial charge >= 0.3 is 0 Å². The number of nitrogens with one attached hydrogen (secondary N) is 1. The Morgan fingerprint density at radius 3 is 2.60 bits per heavy atom. The van der Waals surface area contributed by atoms with Crippen molar-refractivity contribution >= 4 is 33.0 Å². The lowest BCUT2D eigenvalue weighted by atomic mass is 10.3. The van der Waals surface area contributed by atoms with Gasteiger partial charge in [-0.25, -0.2) is 8.42 Å². The van der Waals surface area contributed by atoms with Gasteiger partial charge in [-0.15, -0.1) is 11.3 Å². The van der Waals surface area contributed by atoms with E-state index < -0.39 is 10.0 Å². The molecule has 0 aliphatic carbocycles. The van der Waals surface area contributed by atoms with E-state index in [4.69, 9.17) is 11.6 Å². The second kappa shape index (κ2) is 8.34. The van der Waals surface area contributed by atoms with Crippen LogP contribution in [-0.2, 0) is 16.6 Å². The first kappa shape index (κ1) is 17.9. The SMILES string of the molecule is CC(C)NCCCCS(=O)(=O)N(C)Cc1ccc(Cl)s1. The van der Waals surface area contributed by atoms with Gasteiger partial charge in [0.05, 0.1) is 10.1 Å². The molecule has 1 aromatic rings.